The van der Waals surface area contributed by atoms with Crippen LogP contribution in [0.1, 0.15) is 21.5 Å². The van der Waals surface area contributed by atoms with Crippen LogP contribution in [0.4, 0.5) is 0 Å². The summed E-state index contributed by atoms with van der Waals surface area (Å²) in [5.74, 6) is -0.426. The zero-order valence-electron chi connectivity index (χ0n) is 12.4. The lowest BCUT2D eigenvalue weighted by atomic mass is 10.1. The highest BCUT2D eigenvalue weighted by molar-refractivity contribution is 6.32. The molecule has 3 aromatic rings. The van der Waals surface area contributed by atoms with Crippen molar-refractivity contribution in [3.05, 3.63) is 74.8 Å². The van der Waals surface area contributed by atoms with Gasteiger partial charge in [-0.1, -0.05) is 17.7 Å². The number of amides is 1. The van der Waals surface area contributed by atoms with E-state index in [-0.39, 0.29) is 11.0 Å². The lowest BCUT2D eigenvalue weighted by Gasteiger charge is -2.08. The van der Waals surface area contributed by atoms with Crippen LogP contribution in [0.15, 0.2) is 47.7 Å². The summed E-state index contributed by atoms with van der Waals surface area (Å²) in [7, 11) is 0. The summed E-state index contributed by atoms with van der Waals surface area (Å²) in [5, 5.41) is 3.74. The average Bonchev–Trinajstić information content (AvgIpc) is 2.57. The van der Waals surface area contributed by atoms with Crippen LogP contribution in [-0.4, -0.2) is 15.9 Å². The van der Waals surface area contributed by atoms with Gasteiger partial charge in [0.05, 0.1) is 5.52 Å². The number of hydrogen-bond donors (Lipinski definition) is 2. The Morgan fingerprint density at radius 1 is 1.35 bits per heavy atom. The summed E-state index contributed by atoms with van der Waals surface area (Å²) >= 11 is 6.05. The van der Waals surface area contributed by atoms with E-state index in [0.29, 0.717) is 22.5 Å². The van der Waals surface area contributed by atoms with Gasteiger partial charge in [-0.2, -0.15) is 0 Å². The van der Waals surface area contributed by atoms with Gasteiger partial charge in [0.1, 0.15) is 5.56 Å². The van der Waals surface area contributed by atoms with Gasteiger partial charge in [-0.25, -0.2) is 0 Å². The molecule has 1 aromatic carbocycles. The Kier molecular flexibility index (Phi) is 4.12. The second-order valence-corrected chi connectivity index (χ2v) is 5.58. The first-order valence-electron chi connectivity index (χ1n) is 7.05. The molecule has 0 saturated heterocycles. The summed E-state index contributed by atoms with van der Waals surface area (Å²) in [6.45, 7) is 2.13. The molecule has 0 aliphatic carbocycles. The molecule has 0 atom stereocenters. The number of H-pyrrole nitrogens is 1. The van der Waals surface area contributed by atoms with Crippen LogP contribution >= 0.6 is 11.6 Å². The Bertz CT molecular complexity index is 936. The fraction of sp³-hybridized carbons (Fsp3) is 0.118. The molecule has 0 bridgehead atoms. The first kappa shape index (κ1) is 15.2. The number of aryl methyl sites for hydroxylation is 1. The van der Waals surface area contributed by atoms with E-state index in [4.69, 9.17) is 11.6 Å². The Hall–Kier alpha value is -2.66. The van der Waals surface area contributed by atoms with Gasteiger partial charge in [0.2, 0.25) is 5.43 Å². The highest BCUT2D eigenvalue weighted by atomic mass is 35.5. The first-order valence-corrected chi connectivity index (χ1v) is 7.43. The molecule has 0 spiro atoms. The van der Waals surface area contributed by atoms with Gasteiger partial charge in [0, 0.05) is 35.5 Å². The largest absolute Gasteiger partial charge is 0.360 e. The molecule has 0 unspecified atom stereocenters. The third-order valence-corrected chi connectivity index (χ3v) is 4.08. The molecule has 3 rings (SSSR count). The number of nitrogens with one attached hydrogen (secondary N) is 2. The molecule has 116 valence electrons. The van der Waals surface area contributed by atoms with Gasteiger partial charge in [0.25, 0.3) is 5.91 Å². The van der Waals surface area contributed by atoms with Crippen molar-refractivity contribution in [1.82, 2.24) is 15.3 Å². The summed E-state index contributed by atoms with van der Waals surface area (Å²) in [4.78, 5) is 31.7. The number of rotatable bonds is 3. The van der Waals surface area contributed by atoms with Crippen LogP contribution in [0.3, 0.4) is 0 Å². The van der Waals surface area contributed by atoms with Crippen molar-refractivity contribution in [3.8, 4) is 0 Å². The van der Waals surface area contributed by atoms with Crippen molar-refractivity contribution < 1.29 is 4.79 Å². The Morgan fingerprint density at radius 3 is 2.91 bits per heavy atom. The molecule has 23 heavy (non-hydrogen) atoms. The molecular formula is C17H14ClN3O2. The van der Waals surface area contributed by atoms with Crippen LogP contribution in [0.25, 0.3) is 10.9 Å². The zero-order chi connectivity index (χ0) is 16.4. The molecule has 2 N–H and O–H groups in total. The van der Waals surface area contributed by atoms with Crippen LogP contribution < -0.4 is 10.7 Å². The lowest BCUT2D eigenvalue weighted by Crippen LogP contribution is -2.28. The maximum Gasteiger partial charge on any atom is 0.257 e. The minimum absolute atomic E-state index is 0.0723. The summed E-state index contributed by atoms with van der Waals surface area (Å²) in [6.07, 6.45) is 4.75. The van der Waals surface area contributed by atoms with Crippen molar-refractivity contribution in [3.63, 3.8) is 0 Å². The zero-order valence-corrected chi connectivity index (χ0v) is 13.1. The Balaban J connectivity index is 1.91. The van der Waals surface area contributed by atoms with Crippen molar-refractivity contribution in [2.45, 2.75) is 13.5 Å². The number of aromatic nitrogens is 2. The van der Waals surface area contributed by atoms with Crippen LogP contribution in [0.5, 0.6) is 0 Å². The van der Waals surface area contributed by atoms with E-state index in [1.54, 1.807) is 30.6 Å². The molecule has 0 radical (unpaired) electrons. The summed E-state index contributed by atoms with van der Waals surface area (Å²) in [5.41, 5.74) is 2.04. The molecular weight excluding hydrogens is 314 g/mol. The Labute approximate surface area is 137 Å². The van der Waals surface area contributed by atoms with Gasteiger partial charge >= 0.3 is 0 Å². The number of halogens is 1. The monoisotopic (exact) mass is 327 g/mol. The van der Waals surface area contributed by atoms with Gasteiger partial charge in [0.15, 0.2) is 0 Å². The molecule has 1 amide bonds. The maximum absolute atomic E-state index is 12.5. The standard InChI is InChI=1S/C17H14ClN3O2/c1-10-14(18)5-4-12-15(10)20-9-13(16(12)22)17(23)21-8-11-3-2-6-19-7-11/h2-7,9H,8H2,1H3,(H,20,22)(H,21,23). The van der Waals surface area contributed by atoms with E-state index < -0.39 is 5.91 Å². The molecule has 0 fully saturated rings. The predicted molar refractivity (Wildman–Crippen MR) is 89.7 cm³/mol. The van der Waals surface area contributed by atoms with Gasteiger partial charge < -0.3 is 10.3 Å². The molecule has 2 heterocycles. The van der Waals surface area contributed by atoms with E-state index in [0.717, 1.165) is 11.1 Å². The first-order chi connectivity index (χ1) is 11.1. The lowest BCUT2D eigenvalue weighted by molar-refractivity contribution is 0.0949. The number of nitrogens with zero attached hydrogens (tertiary/aromatic N) is 1. The smallest absolute Gasteiger partial charge is 0.257 e. The van der Waals surface area contributed by atoms with Crippen molar-refractivity contribution in [2.75, 3.05) is 0 Å². The molecule has 0 aliphatic heterocycles. The number of carbonyl (C=O) groups is 1. The van der Waals surface area contributed by atoms with Gasteiger partial charge in [-0.15, -0.1) is 0 Å². The van der Waals surface area contributed by atoms with E-state index in [1.807, 2.05) is 13.0 Å². The predicted octanol–water partition coefficient (Wildman–Crippen LogP) is 2.81. The fourth-order valence-electron chi connectivity index (χ4n) is 2.37. The van der Waals surface area contributed by atoms with Crippen molar-refractivity contribution in [1.29, 1.82) is 0 Å². The Morgan fingerprint density at radius 2 is 2.17 bits per heavy atom. The van der Waals surface area contributed by atoms with Crippen molar-refractivity contribution >= 4 is 28.4 Å². The van der Waals surface area contributed by atoms with E-state index in [1.165, 1.54) is 6.20 Å². The third kappa shape index (κ3) is 2.96. The number of benzene rings is 1. The molecule has 2 aromatic heterocycles. The summed E-state index contributed by atoms with van der Waals surface area (Å²) in [6, 6.07) is 6.92. The molecule has 0 aliphatic rings. The number of hydrogen-bond acceptors (Lipinski definition) is 3. The number of fused-ring (bicyclic) bond motifs is 1. The van der Waals surface area contributed by atoms with Crippen molar-refractivity contribution in [2.24, 2.45) is 0 Å². The van der Waals surface area contributed by atoms with Crippen LogP contribution in [-0.2, 0) is 6.54 Å². The number of pyridine rings is 2. The maximum atomic E-state index is 12.5. The van der Waals surface area contributed by atoms with Gasteiger partial charge in [-0.05, 0) is 36.2 Å². The van der Waals surface area contributed by atoms with E-state index in [2.05, 4.69) is 15.3 Å². The number of aromatic amines is 1. The molecule has 5 nitrogen and oxygen atoms in total. The molecule has 6 heteroatoms. The topological polar surface area (TPSA) is 74.8 Å². The average molecular weight is 328 g/mol. The number of carbonyl (C=O) groups excluding carboxylic acids is 1. The fourth-order valence-corrected chi connectivity index (χ4v) is 2.52. The second kappa shape index (κ2) is 6.22. The van der Waals surface area contributed by atoms with E-state index in [9.17, 15) is 9.59 Å². The minimum Gasteiger partial charge on any atom is -0.360 e. The van der Waals surface area contributed by atoms with Crippen LogP contribution in [0.2, 0.25) is 5.02 Å². The minimum atomic E-state index is -0.426. The normalized spacial score (nSPS) is 10.7. The third-order valence-electron chi connectivity index (χ3n) is 3.67. The quantitative estimate of drug-likeness (QED) is 0.776. The van der Waals surface area contributed by atoms with Gasteiger partial charge in [-0.3, -0.25) is 14.6 Å². The summed E-state index contributed by atoms with van der Waals surface area (Å²) < 4.78 is 0. The highest BCUT2D eigenvalue weighted by Gasteiger charge is 2.14. The second-order valence-electron chi connectivity index (χ2n) is 5.17. The SMILES string of the molecule is Cc1c(Cl)ccc2c(=O)c(C(=O)NCc3cccnc3)c[nH]c12. The highest BCUT2D eigenvalue weighted by Crippen LogP contribution is 2.21. The van der Waals surface area contributed by atoms with Crippen LogP contribution in [0, 0.1) is 6.92 Å². The van der Waals surface area contributed by atoms with E-state index >= 15 is 0 Å². The molecule has 0 saturated carbocycles.